The van der Waals surface area contributed by atoms with Gasteiger partial charge in [-0.3, -0.25) is 0 Å². The molecule has 0 aliphatic heterocycles. The van der Waals surface area contributed by atoms with Crippen LogP contribution in [0.1, 0.15) is 0 Å². The highest BCUT2D eigenvalue weighted by Crippen LogP contribution is 2.39. The van der Waals surface area contributed by atoms with Gasteiger partial charge in [-0.05, 0) is 81.9 Å². The maximum absolute atomic E-state index is 13.7. The van der Waals surface area contributed by atoms with Gasteiger partial charge in [-0.2, -0.15) is 0 Å². The van der Waals surface area contributed by atoms with Gasteiger partial charge in [0.2, 0.25) is 5.89 Å². The summed E-state index contributed by atoms with van der Waals surface area (Å²) in [4.78, 5) is 4.50. The molecule has 9 aromatic rings. The van der Waals surface area contributed by atoms with Gasteiger partial charge in [-0.1, -0.05) is 109 Å². The van der Waals surface area contributed by atoms with Crippen molar-refractivity contribution in [2.24, 2.45) is 0 Å². The van der Waals surface area contributed by atoms with Gasteiger partial charge < -0.3 is 8.98 Å². The zero-order valence-electron chi connectivity index (χ0n) is 25.3. The maximum atomic E-state index is 13.7. The van der Waals surface area contributed by atoms with Crippen LogP contribution in [-0.2, 0) is 0 Å². The van der Waals surface area contributed by atoms with Gasteiger partial charge in [0.05, 0.1) is 11.0 Å². The van der Waals surface area contributed by atoms with E-state index in [0.29, 0.717) is 17.0 Å². The minimum atomic E-state index is -0.330. The number of aromatic nitrogens is 2. The monoisotopic (exact) mass is 606 g/mol. The van der Waals surface area contributed by atoms with Crippen molar-refractivity contribution in [2.45, 2.75) is 0 Å². The minimum absolute atomic E-state index is 0.330. The molecule has 0 amide bonds. The summed E-state index contributed by atoms with van der Waals surface area (Å²) in [5.41, 5.74) is 12.3. The van der Waals surface area contributed by atoms with E-state index < -0.39 is 0 Å². The van der Waals surface area contributed by atoms with Crippen LogP contribution < -0.4 is 0 Å². The molecule has 0 saturated carbocycles. The predicted octanol–water partition coefficient (Wildman–Crippen LogP) is 11.7. The Morgan fingerprint density at radius 3 is 1.55 bits per heavy atom. The predicted molar refractivity (Wildman–Crippen MR) is 190 cm³/mol. The van der Waals surface area contributed by atoms with Gasteiger partial charge in [0, 0.05) is 28.1 Å². The summed E-state index contributed by atoms with van der Waals surface area (Å²) >= 11 is 0. The van der Waals surface area contributed by atoms with Crippen molar-refractivity contribution >= 4 is 32.9 Å². The van der Waals surface area contributed by atoms with Crippen LogP contribution in [0.2, 0.25) is 0 Å². The fourth-order valence-corrected chi connectivity index (χ4v) is 6.75. The Morgan fingerprint density at radius 1 is 0.468 bits per heavy atom. The molecule has 222 valence electrons. The first-order chi connectivity index (χ1) is 23.2. The van der Waals surface area contributed by atoms with Gasteiger partial charge in [0.25, 0.3) is 0 Å². The summed E-state index contributed by atoms with van der Waals surface area (Å²) < 4.78 is 22.0. The van der Waals surface area contributed by atoms with Gasteiger partial charge in [-0.25, -0.2) is 9.37 Å². The average molecular weight is 607 g/mol. The van der Waals surface area contributed by atoms with E-state index >= 15 is 0 Å². The Morgan fingerprint density at radius 2 is 0.957 bits per heavy atom. The first-order valence-electron chi connectivity index (χ1n) is 15.7. The lowest BCUT2D eigenvalue weighted by molar-refractivity contribution is 0.614. The zero-order chi connectivity index (χ0) is 31.3. The topological polar surface area (TPSA) is 31.0 Å². The second-order valence-corrected chi connectivity index (χ2v) is 11.7. The van der Waals surface area contributed by atoms with Crippen LogP contribution in [-0.4, -0.2) is 9.55 Å². The zero-order valence-corrected chi connectivity index (χ0v) is 25.3. The third-order valence-electron chi connectivity index (χ3n) is 8.95. The third kappa shape index (κ3) is 4.62. The van der Waals surface area contributed by atoms with Gasteiger partial charge in [-0.15, -0.1) is 0 Å². The van der Waals surface area contributed by atoms with Crippen LogP contribution in [0.4, 0.5) is 4.39 Å². The van der Waals surface area contributed by atoms with E-state index in [2.05, 4.69) is 143 Å². The Balaban J connectivity index is 1.09. The summed E-state index contributed by atoms with van der Waals surface area (Å²) in [5, 5.41) is 2.51. The Kier molecular flexibility index (Phi) is 6.32. The van der Waals surface area contributed by atoms with E-state index in [4.69, 9.17) is 4.42 Å². The quantitative estimate of drug-likeness (QED) is 0.195. The lowest BCUT2D eigenvalue weighted by Crippen LogP contribution is -1.94. The fourth-order valence-electron chi connectivity index (χ4n) is 6.75. The first kappa shape index (κ1) is 27.1. The van der Waals surface area contributed by atoms with Crippen molar-refractivity contribution in [3.8, 4) is 50.5 Å². The Hall–Kier alpha value is -6.26. The SMILES string of the molecule is Fc1ccc2oc(-c3ccc(-c4ccccc4-c4ccccc4-c4ccc(-n5c6ccccc6c6ccccc65)cc4)cc3)nc2c1. The molecule has 9 rings (SSSR count). The number of hydrogen-bond donors (Lipinski definition) is 0. The average Bonchev–Trinajstić information content (AvgIpc) is 3.71. The smallest absolute Gasteiger partial charge is 0.227 e. The van der Waals surface area contributed by atoms with Crippen LogP contribution in [0.5, 0.6) is 0 Å². The summed E-state index contributed by atoms with van der Waals surface area (Å²) in [6, 6.07) is 55.8. The van der Waals surface area contributed by atoms with Crippen molar-refractivity contribution in [3.05, 3.63) is 170 Å². The molecule has 7 aromatic carbocycles. The minimum Gasteiger partial charge on any atom is -0.436 e. The van der Waals surface area contributed by atoms with Crippen molar-refractivity contribution in [3.63, 3.8) is 0 Å². The molecule has 4 heteroatoms. The summed E-state index contributed by atoms with van der Waals surface area (Å²) in [7, 11) is 0. The molecule has 0 fully saturated rings. The Labute approximate surface area is 270 Å². The highest BCUT2D eigenvalue weighted by atomic mass is 19.1. The number of benzene rings is 7. The van der Waals surface area contributed by atoms with Crippen LogP contribution in [0, 0.1) is 5.82 Å². The largest absolute Gasteiger partial charge is 0.436 e. The molecule has 0 atom stereocenters. The molecular formula is C43H27FN2O. The molecule has 0 spiro atoms. The number of oxazole rings is 1. The van der Waals surface area contributed by atoms with Crippen molar-refractivity contribution in [1.82, 2.24) is 9.55 Å². The number of para-hydroxylation sites is 2. The standard InChI is InChI=1S/C43H27FN2O/c44-31-23-26-42-39(27-31)45-43(47-42)30-19-17-28(18-20-30)33-9-1-3-11-35(33)36-12-4-2-10-34(36)29-21-24-32(25-22-29)46-40-15-7-5-13-37(40)38-14-6-8-16-41(38)46/h1-27H. The molecule has 0 bridgehead atoms. The van der Waals surface area contributed by atoms with Crippen molar-refractivity contribution < 1.29 is 8.81 Å². The summed E-state index contributed by atoms with van der Waals surface area (Å²) in [6.07, 6.45) is 0. The lowest BCUT2D eigenvalue weighted by Gasteiger charge is -2.15. The van der Waals surface area contributed by atoms with Crippen LogP contribution in [0.15, 0.2) is 168 Å². The van der Waals surface area contributed by atoms with E-state index in [9.17, 15) is 4.39 Å². The van der Waals surface area contributed by atoms with Crippen LogP contribution >= 0.6 is 0 Å². The van der Waals surface area contributed by atoms with Crippen LogP contribution in [0.25, 0.3) is 83.4 Å². The number of hydrogen-bond acceptors (Lipinski definition) is 2. The number of nitrogens with zero attached hydrogens (tertiary/aromatic N) is 2. The Bertz CT molecular complexity index is 2520. The van der Waals surface area contributed by atoms with E-state index in [1.54, 1.807) is 6.07 Å². The molecule has 0 saturated heterocycles. The van der Waals surface area contributed by atoms with E-state index in [0.717, 1.165) is 39.1 Å². The fraction of sp³-hybridized carbons (Fsp3) is 0. The van der Waals surface area contributed by atoms with E-state index in [-0.39, 0.29) is 5.82 Å². The summed E-state index contributed by atoms with van der Waals surface area (Å²) in [5.74, 6) is 0.142. The van der Waals surface area contributed by atoms with Crippen molar-refractivity contribution in [1.29, 1.82) is 0 Å². The molecule has 47 heavy (non-hydrogen) atoms. The van der Waals surface area contributed by atoms with E-state index in [1.807, 2.05) is 12.1 Å². The maximum Gasteiger partial charge on any atom is 0.227 e. The second-order valence-electron chi connectivity index (χ2n) is 11.7. The molecular weight excluding hydrogens is 579 g/mol. The van der Waals surface area contributed by atoms with Gasteiger partial charge in [0.1, 0.15) is 11.3 Å². The molecule has 2 aromatic heterocycles. The molecule has 0 radical (unpaired) electrons. The molecule has 0 N–H and O–H groups in total. The number of halogens is 1. The highest BCUT2D eigenvalue weighted by molar-refractivity contribution is 6.09. The lowest BCUT2D eigenvalue weighted by atomic mass is 9.89. The molecule has 2 heterocycles. The third-order valence-corrected chi connectivity index (χ3v) is 8.95. The molecule has 0 aliphatic carbocycles. The molecule has 3 nitrogen and oxygen atoms in total. The van der Waals surface area contributed by atoms with Crippen molar-refractivity contribution in [2.75, 3.05) is 0 Å². The molecule has 0 aliphatic rings. The number of fused-ring (bicyclic) bond motifs is 4. The van der Waals surface area contributed by atoms with Gasteiger partial charge in [0.15, 0.2) is 5.58 Å². The van der Waals surface area contributed by atoms with Gasteiger partial charge >= 0.3 is 0 Å². The first-order valence-corrected chi connectivity index (χ1v) is 15.7. The second kappa shape index (κ2) is 11.0. The van der Waals surface area contributed by atoms with E-state index in [1.165, 1.54) is 39.5 Å². The van der Waals surface area contributed by atoms with Crippen LogP contribution in [0.3, 0.4) is 0 Å². The normalized spacial score (nSPS) is 11.5. The number of rotatable bonds is 5. The summed E-state index contributed by atoms with van der Waals surface area (Å²) in [6.45, 7) is 0. The highest BCUT2D eigenvalue weighted by Gasteiger charge is 2.15. The molecule has 0 unspecified atom stereocenters.